The molecule has 21 heavy (non-hydrogen) atoms. The summed E-state index contributed by atoms with van der Waals surface area (Å²) in [7, 11) is -1.31. The van der Waals surface area contributed by atoms with Gasteiger partial charge in [-0.05, 0) is 32.1 Å². The lowest BCUT2D eigenvalue weighted by Crippen LogP contribution is -2.49. The quantitative estimate of drug-likeness (QED) is 0.801. The molecule has 0 aliphatic carbocycles. The first kappa shape index (κ1) is 16.5. The van der Waals surface area contributed by atoms with Crippen molar-refractivity contribution >= 4 is 27.3 Å². The number of hydrogen-bond acceptors (Lipinski definition) is 4. The van der Waals surface area contributed by atoms with Crippen LogP contribution in [-0.2, 0) is 10.0 Å². The number of benzene rings is 1. The Morgan fingerprint density at radius 2 is 1.86 bits per heavy atom. The van der Waals surface area contributed by atoms with Crippen LogP contribution in [-0.4, -0.2) is 58.2 Å². The zero-order valence-corrected chi connectivity index (χ0v) is 13.8. The molecule has 1 aromatic rings. The highest BCUT2D eigenvalue weighted by Gasteiger charge is 2.27. The van der Waals surface area contributed by atoms with E-state index in [4.69, 9.17) is 11.6 Å². The smallest absolute Gasteiger partial charge is 0.214 e. The number of nitrogens with zero attached hydrogens (tertiary/aromatic N) is 2. The van der Waals surface area contributed by atoms with Crippen molar-refractivity contribution in [1.82, 2.24) is 9.62 Å². The summed E-state index contributed by atoms with van der Waals surface area (Å²) in [6, 6.07) is 7.67. The van der Waals surface area contributed by atoms with E-state index >= 15 is 0 Å². The van der Waals surface area contributed by atoms with Crippen LogP contribution < -0.4 is 10.2 Å². The van der Waals surface area contributed by atoms with Crippen molar-refractivity contribution in [3.63, 3.8) is 0 Å². The number of piperazine rings is 1. The molecule has 0 unspecified atom stereocenters. The fraction of sp³-hybridized carbons (Fsp3) is 0.571. The van der Waals surface area contributed by atoms with Crippen LogP contribution >= 0.6 is 11.6 Å². The minimum absolute atomic E-state index is 0.208. The summed E-state index contributed by atoms with van der Waals surface area (Å²) in [5.41, 5.74) is 0.978. The minimum Gasteiger partial charge on any atom is -0.368 e. The molecule has 1 aliphatic heterocycles. The first-order valence-electron chi connectivity index (χ1n) is 7.16. The largest absolute Gasteiger partial charge is 0.368 e. The average molecular weight is 332 g/mol. The molecule has 1 fully saturated rings. The van der Waals surface area contributed by atoms with Gasteiger partial charge in [-0.15, -0.1) is 0 Å². The van der Waals surface area contributed by atoms with Gasteiger partial charge in [0.05, 0.1) is 16.5 Å². The summed E-state index contributed by atoms with van der Waals surface area (Å²) >= 11 is 6.19. The second-order valence-electron chi connectivity index (χ2n) is 5.11. The first-order chi connectivity index (χ1) is 10.0. The molecule has 1 N–H and O–H groups in total. The van der Waals surface area contributed by atoms with E-state index in [9.17, 15) is 8.42 Å². The van der Waals surface area contributed by atoms with Gasteiger partial charge in [-0.2, -0.15) is 4.31 Å². The van der Waals surface area contributed by atoms with Gasteiger partial charge < -0.3 is 10.2 Å². The Bertz CT molecular complexity index is 557. The standard InChI is InChI=1S/C14H22ClN3O2S/c1-16-7-4-12-21(19,20)18-10-8-17(9-11-18)14-6-3-2-5-13(14)15/h2-3,5-6,16H,4,7-12H2,1H3. The van der Waals surface area contributed by atoms with Crippen LogP contribution in [0.5, 0.6) is 0 Å². The van der Waals surface area contributed by atoms with Gasteiger partial charge in [0.2, 0.25) is 10.0 Å². The molecule has 1 saturated heterocycles. The highest BCUT2D eigenvalue weighted by atomic mass is 35.5. The van der Waals surface area contributed by atoms with Gasteiger partial charge in [0, 0.05) is 26.2 Å². The van der Waals surface area contributed by atoms with Gasteiger partial charge in [0.25, 0.3) is 0 Å². The second-order valence-corrected chi connectivity index (χ2v) is 7.61. The van der Waals surface area contributed by atoms with E-state index in [1.165, 1.54) is 0 Å². The van der Waals surface area contributed by atoms with Gasteiger partial charge in [0.15, 0.2) is 0 Å². The van der Waals surface area contributed by atoms with E-state index in [-0.39, 0.29) is 5.75 Å². The van der Waals surface area contributed by atoms with E-state index in [0.29, 0.717) is 37.6 Å². The summed E-state index contributed by atoms with van der Waals surface area (Å²) < 4.78 is 26.0. The van der Waals surface area contributed by atoms with Crippen LogP contribution in [0.25, 0.3) is 0 Å². The molecule has 0 radical (unpaired) electrons. The average Bonchev–Trinajstić information content (AvgIpc) is 2.48. The number of halogens is 1. The fourth-order valence-electron chi connectivity index (χ4n) is 2.48. The lowest BCUT2D eigenvalue weighted by molar-refractivity contribution is 0.384. The van der Waals surface area contributed by atoms with E-state index in [0.717, 1.165) is 12.2 Å². The molecule has 0 bridgehead atoms. The molecule has 2 rings (SSSR count). The number of hydrogen-bond donors (Lipinski definition) is 1. The third-order valence-corrected chi connectivity index (χ3v) is 5.93. The Kier molecular flexibility index (Phi) is 5.87. The van der Waals surface area contributed by atoms with Gasteiger partial charge in [-0.1, -0.05) is 23.7 Å². The molecule has 0 amide bonds. The van der Waals surface area contributed by atoms with Crippen molar-refractivity contribution in [2.24, 2.45) is 0 Å². The van der Waals surface area contributed by atoms with Crippen LogP contribution in [0.2, 0.25) is 5.02 Å². The van der Waals surface area contributed by atoms with Crippen LogP contribution in [0, 0.1) is 0 Å². The molecule has 0 atom stereocenters. The molecule has 0 spiro atoms. The van der Waals surface area contributed by atoms with Gasteiger partial charge in [-0.3, -0.25) is 0 Å². The van der Waals surface area contributed by atoms with Crippen LogP contribution in [0.4, 0.5) is 5.69 Å². The molecule has 1 aromatic carbocycles. The summed E-state index contributed by atoms with van der Waals surface area (Å²) in [4.78, 5) is 2.14. The number of para-hydroxylation sites is 1. The third-order valence-electron chi connectivity index (χ3n) is 3.65. The second kappa shape index (κ2) is 7.45. The summed E-state index contributed by atoms with van der Waals surface area (Å²) in [5, 5.41) is 3.68. The van der Waals surface area contributed by atoms with Gasteiger partial charge >= 0.3 is 0 Å². The van der Waals surface area contributed by atoms with Crippen LogP contribution in [0.15, 0.2) is 24.3 Å². The lowest BCUT2D eigenvalue weighted by Gasteiger charge is -2.35. The monoisotopic (exact) mass is 331 g/mol. The van der Waals surface area contributed by atoms with Crippen molar-refractivity contribution in [1.29, 1.82) is 0 Å². The summed E-state index contributed by atoms with van der Waals surface area (Å²) in [5.74, 6) is 0.208. The highest BCUT2D eigenvalue weighted by Crippen LogP contribution is 2.26. The van der Waals surface area contributed by atoms with E-state index in [1.54, 1.807) is 4.31 Å². The van der Waals surface area contributed by atoms with Crippen LogP contribution in [0.3, 0.4) is 0 Å². The number of sulfonamides is 1. The molecular formula is C14H22ClN3O2S. The Balaban J connectivity index is 1.93. The third kappa shape index (κ3) is 4.32. The maximum absolute atomic E-state index is 12.2. The number of rotatable bonds is 6. The maximum atomic E-state index is 12.2. The first-order valence-corrected chi connectivity index (χ1v) is 9.15. The molecule has 1 aliphatic rings. The summed E-state index contributed by atoms with van der Waals surface area (Å²) in [6.45, 7) is 3.11. The Morgan fingerprint density at radius 1 is 1.19 bits per heavy atom. The zero-order chi connectivity index (χ0) is 15.3. The van der Waals surface area contributed by atoms with Crippen molar-refractivity contribution in [2.75, 3.05) is 50.4 Å². The lowest BCUT2D eigenvalue weighted by atomic mass is 10.2. The molecular weight excluding hydrogens is 310 g/mol. The van der Waals surface area contributed by atoms with Crippen molar-refractivity contribution in [2.45, 2.75) is 6.42 Å². The SMILES string of the molecule is CNCCCS(=O)(=O)N1CCN(c2ccccc2Cl)CC1. The van der Waals surface area contributed by atoms with Gasteiger partial charge in [0.1, 0.15) is 0 Å². The van der Waals surface area contributed by atoms with Crippen molar-refractivity contribution in [3.8, 4) is 0 Å². The van der Waals surface area contributed by atoms with Crippen molar-refractivity contribution < 1.29 is 8.42 Å². The summed E-state index contributed by atoms with van der Waals surface area (Å²) in [6.07, 6.45) is 0.642. The van der Waals surface area contributed by atoms with Crippen LogP contribution in [0.1, 0.15) is 6.42 Å². The maximum Gasteiger partial charge on any atom is 0.214 e. The zero-order valence-electron chi connectivity index (χ0n) is 12.3. The molecule has 0 saturated carbocycles. The van der Waals surface area contributed by atoms with E-state index in [1.807, 2.05) is 31.3 Å². The molecule has 5 nitrogen and oxygen atoms in total. The topological polar surface area (TPSA) is 52.7 Å². The molecule has 118 valence electrons. The Labute approximate surface area is 131 Å². The Hall–Kier alpha value is -0.820. The predicted molar refractivity (Wildman–Crippen MR) is 87.6 cm³/mol. The minimum atomic E-state index is -3.14. The van der Waals surface area contributed by atoms with Gasteiger partial charge in [-0.25, -0.2) is 8.42 Å². The molecule has 1 heterocycles. The Morgan fingerprint density at radius 3 is 2.48 bits per heavy atom. The molecule has 7 heteroatoms. The number of anilines is 1. The predicted octanol–water partition coefficient (Wildman–Crippen LogP) is 1.40. The fourth-order valence-corrected chi connectivity index (χ4v) is 4.22. The highest BCUT2D eigenvalue weighted by molar-refractivity contribution is 7.89. The van der Waals surface area contributed by atoms with E-state index < -0.39 is 10.0 Å². The normalized spacial score (nSPS) is 17.1. The van der Waals surface area contributed by atoms with Crippen molar-refractivity contribution in [3.05, 3.63) is 29.3 Å². The number of nitrogens with one attached hydrogen (secondary N) is 1. The molecule has 0 aromatic heterocycles. The van der Waals surface area contributed by atoms with E-state index in [2.05, 4.69) is 10.2 Å².